The van der Waals surface area contributed by atoms with Crippen molar-refractivity contribution >= 4 is 11.6 Å². The lowest BCUT2D eigenvalue weighted by atomic mass is 10.1. The van der Waals surface area contributed by atoms with Gasteiger partial charge in [0, 0.05) is 19.6 Å². The van der Waals surface area contributed by atoms with E-state index in [1.807, 2.05) is 4.90 Å². The van der Waals surface area contributed by atoms with Gasteiger partial charge in [0.2, 0.25) is 0 Å². The second-order valence-corrected chi connectivity index (χ2v) is 5.51. The highest BCUT2D eigenvalue weighted by atomic mass is 16.3. The van der Waals surface area contributed by atoms with Crippen molar-refractivity contribution in [1.82, 2.24) is 9.78 Å². The lowest BCUT2D eigenvalue weighted by Gasteiger charge is -2.30. The molecule has 2 heterocycles. The highest BCUT2D eigenvalue weighted by Gasteiger charge is 2.25. The van der Waals surface area contributed by atoms with Crippen LogP contribution in [0.3, 0.4) is 0 Å². The van der Waals surface area contributed by atoms with Crippen molar-refractivity contribution in [1.29, 1.82) is 5.26 Å². The van der Waals surface area contributed by atoms with Gasteiger partial charge in [-0.25, -0.2) is 4.68 Å². The van der Waals surface area contributed by atoms with Crippen molar-refractivity contribution in [3.63, 3.8) is 0 Å². The van der Waals surface area contributed by atoms with Crippen LogP contribution in [0.25, 0.3) is 0 Å². The second-order valence-electron chi connectivity index (χ2n) is 5.51. The molecule has 1 aliphatic rings. The zero-order valence-corrected chi connectivity index (χ0v) is 11.5. The first-order valence-corrected chi connectivity index (χ1v) is 6.72. The number of aliphatic hydroxyl groups is 1. The van der Waals surface area contributed by atoms with Gasteiger partial charge in [0.05, 0.1) is 6.10 Å². The molecule has 3 N–H and O–H groups in total. The molecule has 104 valence electrons. The van der Waals surface area contributed by atoms with Gasteiger partial charge >= 0.3 is 0 Å². The number of nitriles is 1. The number of aromatic nitrogens is 2. The summed E-state index contributed by atoms with van der Waals surface area (Å²) in [6.07, 6.45) is 1.36. The quantitative estimate of drug-likeness (QED) is 0.847. The Morgan fingerprint density at radius 3 is 2.89 bits per heavy atom. The topological polar surface area (TPSA) is 91.1 Å². The van der Waals surface area contributed by atoms with Crippen LogP contribution in [0.5, 0.6) is 0 Å². The molecule has 1 atom stereocenters. The number of aliphatic hydroxyl groups excluding tert-OH is 1. The Kier molecular flexibility index (Phi) is 3.96. The molecule has 0 bridgehead atoms. The predicted molar refractivity (Wildman–Crippen MR) is 73.6 cm³/mol. The van der Waals surface area contributed by atoms with Crippen molar-refractivity contribution in [2.24, 2.45) is 5.92 Å². The number of nitrogens with two attached hydrogens (primary N) is 1. The molecule has 0 aromatic carbocycles. The van der Waals surface area contributed by atoms with Crippen molar-refractivity contribution < 1.29 is 5.11 Å². The Morgan fingerprint density at radius 2 is 2.32 bits per heavy atom. The minimum Gasteiger partial charge on any atom is -0.391 e. The number of piperidine rings is 1. The Morgan fingerprint density at radius 1 is 1.58 bits per heavy atom. The van der Waals surface area contributed by atoms with Gasteiger partial charge in [0.25, 0.3) is 0 Å². The molecule has 1 aliphatic heterocycles. The van der Waals surface area contributed by atoms with E-state index in [0.717, 1.165) is 19.4 Å². The molecule has 2 rings (SSSR count). The standard InChI is InChI=1S/C13H21N5O/c1-9(2)7-18-12(15)11(6-14)13(16-18)17-5-3-4-10(19)8-17/h9-10,19H,3-5,7-8,15H2,1-2H3. The molecule has 1 unspecified atom stereocenters. The fraction of sp³-hybridized carbons (Fsp3) is 0.692. The Balaban J connectivity index is 2.31. The first kappa shape index (κ1) is 13.7. The van der Waals surface area contributed by atoms with Crippen molar-refractivity contribution in [3.8, 4) is 6.07 Å². The van der Waals surface area contributed by atoms with Crippen LogP contribution in [-0.4, -0.2) is 34.1 Å². The van der Waals surface area contributed by atoms with Crippen LogP contribution in [-0.2, 0) is 6.54 Å². The maximum Gasteiger partial charge on any atom is 0.171 e. The maximum atomic E-state index is 9.74. The van der Waals surface area contributed by atoms with E-state index in [1.54, 1.807) is 4.68 Å². The maximum absolute atomic E-state index is 9.74. The summed E-state index contributed by atoms with van der Waals surface area (Å²) < 4.78 is 1.69. The van der Waals surface area contributed by atoms with E-state index < -0.39 is 0 Å². The zero-order valence-electron chi connectivity index (χ0n) is 11.5. The fourth-order valence-electron chi connectivity index (χ4n) is 2.42. The highest BCUT2D eigenvalue weighted by molar-refractivity contribution is 5.65. The van der Waals surface area contributed by atoms with Crippen LogP contribution in [0.1, 0.15) is 32.3 Å². The van der Waals surface area contributed by atoms with Crippen LogP contribution in [0, 0.1) is 17.2 Å². The number of rotatable bonds is 3. The Hall–Kier alpha value is -1.74. The number of β-amino-alcohol motifs (C(OH)–C–C–N with tert-alkyl or cyclic N) is 1. The summed E-state index contributed by atoms with van der Waals surface area (Å²) in [6, 6.07) is 2.14. The van der Waals surface area contributed by atoms with Crippen LogP contribution in [0.15, 0.2) is 0 Å². The number of hydrogen-bond donors (Lipinski definition) is 2. The summed E-state index contributed by atoms with van der Waals surface area (Å²) >= 11 is 0. The molecular formula is C13H21N5O. The minimum absolute atomic E-state index is 0.350. The van der Waals surface area contributed by atoms with Gasteiger partial charge in [-0.2, -0.15) is 10.4 Å². The van der Waals surface area contributed by atoms with Gasteiger partial charge in [-0.3, -0.25) is 0 Å². The molecule has 19 heavy (non-hydrogen) atoms. The van der Waals surface area contributed by atoms with Crippen molar-refractivity contribution in [2.75, 3.05) is 23.7 Å². The average molecular weight is 263 g/mol. The molecule has 0 spiro atoms. The molecule has 0 radical (unpaired) electrons. The molecule has 1 fully saturated rings. The largest absolute Gasteiger partial charge is 0.391 e. The molecule has 1 aromatic rings. The molecule has 0 aliphatic carbocycles. The number of nitrogen functional groups attached to an aromatic ring is 1. The van der Waals surface area contributed by atoms with E-state index in [9.17, 15) is 10.4 Å². The van der Waals surface area contributed by atoms with Crippen molar-refractivity contribution in [2.45, 2.75) is 39.3 Å². The molecule has 1 aromatic heterocycles. The van der Waals surface area contributed by atoms with Gasteiger partial charge in [-0.1, -0.05) is 13.8 Å². The molecule has 0 saturated carbocycles. The van der Waals surface area contributed by atoms with Crippen LogP contribution in [0.4, 0.5) is 11.6 Å². The molecule has 6 heteroatoms. The SMILES string of the molecule is CC(C)Cn1nc(N2CCCC(O)C2)c(C#N)c1N. The van der Waals surface area contributed by atoms with Gasteiger partial charge in [-0.15, -0.1) is 0 Å². The summed E-state index contributed by atoms with van der Waals surface area (Å²) in [5.41, 5.74) is 6.42. The minimum atomic E-state index is -0.350. The molecular weight excluding hydrogens is 242 g/mol. The third-order valence-electron chi connectivity index (χ3n) is 3.32. The van der Waals surface area contributed by atoms with Gasteiger partial charge in [0.1, 0.15) is 17.5 Å². The normalized spacial score (nSPS) is 19.7. The first-order valence-electron chi connectivity index (χ1n) is 6.72. The number of hydrogen-bond acceptors (Lipinski definition) is 5. The molecule has 6 nitrogen and oxygen atoms in total. The summed E-state index contributed by atoms with van der Waals surface area (Å²) in [5.74, 6) is 1.44. The zero-order chi connectivity index (χ0) is 14.0. The van der Waals surface area contributed by atoms with E-state index >= 15 is 0 Å². The third-order valence-corrected chi connectivity index (χ3v) is 3.32. The smallest absolute Gasteiger partial charge is 0.171 e. The highest BCUT2D eigenvalue weighted by Crippen LogP contribution is 2.27. The van der Waals surface area contributed by atoms with Crippen LogP contribution < -0.4 is 10.6 Å². The summed E-state index contributed by atoms with van der Waals surface area (Å²) in [4.78, 5) is 1.96. The Labute approximate surface area is 113 Å². The monoisotopic (exact) mass is 263 g/mol. The second kappa shape index (κ2) is 5.49. The van der Waals surface area contributed by atoms with Gasteiger partial charge in [0.15, 0.2) is 5.82 Å². The summed E-state index contributed by atoms with van der Waals surface area (Å²) in [5, 5.41) is 23.5. The van der Waals surface area contributed by atoms with Crippen LogP contribution in [0.2, 0.25) is 0 Å². The van der Waals surface area contributed by atoms with E-state index in [1.165, 1.54) is 0 Å². The van der Waals surface area contributed by atoms with E-state index in [2.05, 4.69) is 25.0 Å². The summed E-state index contributed by atoms with van der Waals surface area (Å²) in [7, 11) is 0. The summed E-state index contributed by atoms with van der Waals surface area (Å²) in [6.45, 7) is 6.18. The lowest BCUT2D eigenvalue weighted by molar-refractivity contribution is 0.153. The van der Waals surface area contributed by atoms with Gasteiger partial charge in [-0.05, 0) is 18.8 Å². The number of nitrogens with zero attached hydrogens (tertiary/aromatic N) is 4. The molecule has 1 saturated heterocycles. The fourth-order valence-corrected chi connectivity index (χ4v) is 2.42. The lowest BCUT2D eigenvalue weighted by Crippen LogP contribution is -2.38. The number of anilines is 2. The predicted octanol–water partition coefficient (Wildman–Crippen LogP) is 0.954. The van der Waals surface area contributed by atoms with E-state index in [-0.39, 0.29) is 6.10 Å². The van der Waals surface area contributed by atoms with Crippen LogP contribution >= 0.6 is 0 Å². The van der Waals surface area contributed by atoms with E-state index in [4.69, 9.17) is 5.73 Å². The first-order chi connectivity index (χ1) is 9.02. The Bertz CT molecular complexity index is 488. The van der Waals surface area contributed by atoms with Gasteiger partial charge < -0.3 is 15.7 Å². The van der Waals surface area contributed by atoms with Crippen molar-refractivity contribution in [3.05, 3.63) is 5.56 Å². The average Bonchev–Trinajstić information content (AvgIpc) is 2.65. The van der Waals surface area contributed by atoms with E-state index in [0.29, 0.717) is 36.2 Å². The molecule has 0 amide bonds. The third kappa shape index (κ3) is 2.82.